The van der Waals surface area contributed by atoms with Crippen LogP contribution in [0.15, 0.2) is 146 Å². The molecule has 0 radical (unpaired) electrons. The fourth-order valence-corrected chi connectivity index (χ4v) is 6.86. The van der Waals surface area contributed by atoms with Crippen molar-refractivity contribution in [1.29, 1.82) is 0 Å². The summed E-state index contributed by atoms with van der Waals surface area (Å²) in [7, 11) is 0. The number of benzene rings is 9. The largest absolute Gasteiger partial charge is 0.0616 e. The first-order chi connectivity index (χ1) is 19.8. The molecule has 0 bridgehead atoms. The molecule has 0 saturated carbocycles. The van der Waals surface area contributed by atoms with Crippen molar-refractivity contribution in [2.24, 2.45) is 0 Å². The van der Waals surface area contributed by atoms with Gasteiger partial charge in [0, 0.05) is 0 Å². The highest BCUT2D eigenvalue weighted by Gasteiger charge is 2.13. The van der Waals surface area contributed by atoms with Gasteiger partial charge in [0.05, 0.1) is 0 Å². The van der Waals surface area contributed by atoms with E-state index in [2.05, 4.69) is 146 Å². The summed E-state index contributed by atoms with van der Waals surface area (Å²) < 4.78 is 0. The van der Waals surface area contributed by atoms with Crippen LogP contribution in [0.25, 0.3) is 86.9 Å². The summed E-state index contributed by atoms with van der Waals surface area (Å²) in [6.07, 6.45) is 0. The molecule has 184 valence electrons. The second-order valence-corrected chi connectivity index (χ2v) is 10.9. The molecule has 0 aliphatic carbocycles. The second-order valence-electron chi connectivity index (χ2n) is 10.9. The molecule has 0 aromatic heterocycles. The summed E-state index contributed by atoms with van der Waals surface area (Å²) >= 11 is 0. The molecule has 0 aliphatic heterocycles. The Hall–Kier alpha value is -5.20. The highest BCUT2D eigenvalue weighted by Crippen LogP contribution is 2.41. The van der Waals surface area contributed by atoms with Crippen LogP contribution in [-0.4, -0.2) is 0 Å². The second kappa shape index (κ2) is 8.15. The van der Waals surface area contributed by atoms with Gasteiger partial charge in [-0.25, -0.2) is 0 Å². The molecule has 0 aliphatic rings. The molecule has 9 aromatic rings. The third-order valence-electron chi connectivity index (χ3n) is 8.78. The van der Waals surface area contributed by atoms with Gasteiger partial charge in [0.1, 0.15) is 0 Å². The predicted octanol–water partition coefficient (Wildman–Crippen LogP) is 11.4. The Morgan fingerprint density at radius 3 is 1.70 bits per heavy atom. The maximum absolute atomic E-state index is 2.39. The third kappa shape index (κ3) is 3.08. The summed E-state index contributed by atoms with van der Waals surface area (Å²) in [5.74, 6) is 0. The molecule has 9 aromatic carbocycles. The SMILES string of the molecule is c1cc(-c2ccc3c(ccc4ccccc43)c2)c2cc(-c3ccc4ccc5cccc6ccc3c4c56)ccc2c1. The molecule has 0 unspecified atom stereocenters. The van der Waals surface area contributed by atoms with Gasteiger partial charge in [0.15, 0.2) is 0 Å². The third-order valence-corrected chi connectivity index (χ3v) is 8.78. The number of rotatable bonds is 2. The van der Waals surface area contributed by atoms with E-state index in [0.29, 0.717) is 0 Å². The molecule has 0 atom stereocenters. The van der Waals surface area contributed by atoms with E-state index < -0.39 is 0 Å². The van der Waals surface area contributed by atoms with Gasteiger partial charge in [-0.15, -0.1) is 0 Å². The first kappa shape index (κ1) is 21.7. The van der Waals surface area contributed by atoms with Gasteiger partial charge in [0.25, 0.3) is 0 Å². The number of hydrogen-bond acceptors (Lipinski definition) is 0. The lowest BCUT2D eigenvalue weighted by Crippen LogP contribution is -1.88. The molecule has 0 heterocycles. The van der Waals surface area contributed by atoms with Crippen LogP contribution in [0, 0.1) is 0 Å². The quantitative estimate of drug-likeness (QED) is 0.205. The van der Waals surface area contributed by atoms with E-state index in [0.717, 1.165) is 0 Å². The van der Waals surface area contributed by atoms with E-state index in [1.54, 1.807) is 0 Å². The minimum Gasteiger partial charge on any atom is -0.0616 e. The van der Waals surface area contributed by atoms with Crippen LogP contribution in [-0.2, 0) is 0 Å². The molecular formula is C40H24. The molecule has 0 nitrogen and oxygen atoms in total. The molecule has 0 spiro atoms. The van der Waals surface area contributed by atoms with Crippen LogP contribution in [0.5, 0.6) is 0 Å². The maximum atomic E-state index is 2.39. The zero-order chi connectivity index (χ0) is 26.2. The highest BCUT2D eigenvalue weighted by molar-refractivity contribution is 6.25. The molecule has 0 saturated heterocycles. The van der Waals surface area contributed by atoms with Crippen LogP contribution < -0.4 is 0 Å². The summed E-state index contributed by atoms with van der Waals surface area (Å²) in [6.45, 7) is 0. The van der Waals surface area contributed by atoms with E-state index in [-0.39, 0.29) is 0 Å². The molecule has 0 fully saturated rings. The first-order valence-electron chi connectivity index (χ1n) is 13.9. The van der Waals surface area contributed by atoms with Crippen molar-refractivity contribution in [2.45, 2.75) is 0 Å². The standard InChI is InChI=1S/C40H24/c1-2-9-33-25(5-1)11-15-30-23-31(19-21-35(30)33)34-10-4-6-26-12-16-32(24-38(26)34)36-20-17-29-14-13-27-7-3-8-28-18-22-37(36)40(29)39(27)28/h1-24H. The van der Waals surface area contributed by atoms with Gasteiger partial charge < -0.3 is 0 Å². The van der Waals surface area contributed by atoms with E-state index in [9.17, 15) is 0 Å². The number of fused-ring (bicyclic) bond motifs is 4. The lowest BCUT2D eigenvalue weighted by Gasteiger charge is -2.15. The molecule has 40 heavy (non-hydrogen) atoms. The van der Waals surface area contributed by atoms with E-state index in [1.165, 1.54) is 86.9 Å². The van der Waals surface area contributed by atoms with Crippen molar-refractivity contribution < 1.29 is 0 Å². The summed E-state index contributed by atoms with van der Waals surface area (Å²) in [5.41, 5.74) is 5.06. The van der Waals surface area contributed by atoms with Gasteiger partial charge in [-0.3, -0.25) is 0 Å². The summed E-state index contributed by atoms with van der Waals surface area (Å²) in [4.78, 5) is 0. The average molecular weight is 505 g/mol. The van der Waals surface area contributed by atoms with Crippen LogP contribution in [0.4, 0.5) is 0 Å². The van der Waals surface area contributed by atoms with Crippen molar-refractivity contribution >= 4 is 64.6 Å². The lowest BCUT2D eigenvalue weighted by atomic mass is 9.88. The van der Waals surface area contributed by atoms with E-state index in [4.69, 9.17) is 0 Å². The number of hydrogen-bond donors (Lipinski definition) is 0. The van der Waals surface area contributed by atoms with Gasteiger partial charge >= 0.3 is 0 Å². The normalized spacial score (nSPS) is 12.0. The smallest absolute Gasteiger partial charge is 0.00206 e. The zero-order valence-corrected chi connectivity index (χ0v) is 21.9. The van der Waals surface area contributed by atoms with Crippen molar-refractivity contribution in [3.05, 3.63) is 146 Å². The minimum absolute atomic E-state index is 1.25. The van der Waals surface area contributed by atoms with E-state index in [1.807, 2.05) is 0 Å². The fourth-order valence-electron chi connectivity index (χ4n) is 6.86. The van der Waals surface area contributed by atoms with Crippen LogP contribution in [0.1, 0.15) is 0 Å². The molecule has 0 amide bonds. The van der Waals surface area contributed by atoms with Gasteiger partial charge in [-0.2, -0.15) is 0 Å². The molecule has 0 heteroatoms. The van der Waals surface area contributed by atoms with Crippen LogP contribution in [0.3, 0.4) is 0 Å². The van der Waals surface area contributed by atoms with Crippen molar-refractivity contribution in [3.63, 3.8) is 0 Å². The van der Waals surface area contributed by atoms with Crippen molar-refractivity contribution in [1.82, 2.24) is 0 Å². The average Bonchev–Trinajstić information content (AvgIpc) is 3.02. The van der Waals surface area contributed by atoms with Gasteiger partial charge in [0.2, 0.25) is 0 Å². The van der Waals surface area contributed by atoms with E-state index >= 15 is 0 Å². The molecule has 0 N–H and O–H groups in total. The molecular weight excluding hydrogens is 480 g/mol. The lowest BCUT2D eigenvalue weighted by molar-refractivity contribution is 1.67. The monoisotopic (exact) mass is 504 g/mol. The van der Waals surface area contributed by atoms with Gasteiger partial charge in [-0.1, -0.05) is 133 Å². The van der Waals surface area contributed by atoms with Gasteiger partial charge in [-0.05, 0) is 99.0 Å². The van der Waals surface area contributed by atoms with Crippen LogP contribution in [0.2, 0.25) is 0 Å². The Bertz CT molecular complexity index is 2410. The van der Waals surface area contributed by atoms with Crippen molar-refractivity contribution in [2.75, 3.05) is 0 Å². The van der Waals surface area contributed by atoms with Crippen LogP contribution >= 0.6 is 0 Å². The zero-order valence-electron chi connectivity index (χ0n) is 21.9. The molecule has 9 rings (SSSR count). The minimum atomic E-state index is 1.25. The summed E-state index contributed by atoms with van der Waals surface area (Å²) in [5, 5.41) is 15.7. The first-order valence-corrected chi connectivity index (χ1v) is 13.9. The highest BCUT2D eigenvalue weighted by atomic mass is 14.2. The topological polar surface area (TPSA) is 0 Å². The maximum Gasteiger partial charge on any atom is -0.00206 e. The Balaban J connectivity index is 1.27. The summed E-state index contributed by atoms with van der Waals surface area (Å²) in [6, 6.07) is 53.9. The Kier molecular flexibility index (Phi) is 4.42. The Morgan fingerprint density at radius 2 is 0.775 bits per heavy atom. The Labute approximate surface area is 232 Å². The van der Waals surface area contributed by atoms with Crippen molar-refractivity contribution in [3.8, 4) is 22.3 Å². The fraction of sp³-hybridized carbons (Fsp3) is 0. The Morgan fingerprint density at radius 1 is 0.250 bits per heavy atom. The predicted molar refractivity (Wildman–Crippen MR) is 174 cm³/mol.